The zero-order chi connectivity index (χ0) is 8.81. The van der Waals surface area contributed by atoms with Crippen LogP contribution in [0.1, 0.15) is 26.2 Å². The van der Waals surface area contributed by atoms with Crippen molar-refractivity contribution < 1.29 is 0 Å². The van der Waals surface area contributed by atoms with Crippen LogP contribution in [-0.2, 0) is 0 Å². The number of hydrogen-bond acceptors (Lipinski definition) is 2. The molecule has 1 fully saturated rings. The Labute approximate surface area is 76.1 Å². The Morgan fingerprint density at radius 3 is 2.67 bits per heavy atom. The molecule has 1 heterocycles. The van der Waals surface area contributed by atoms with E-state index in [9.17, 15) is 0 Å². The molecule has 0 aromatic rings. The number of likely N-dealkylation sites (tertiary alicyclic amines) is 1. The van der Waals surface area contributed by atoms with Gasteiger partial charge in [0, 0.05) is 6.54 Å². The minimum Gasteiger partial charge on any atom is -0.330 e. The summed E-state index contributed by atoms with van der Waals surface area (Å²) in [7, 11) is 0. The van der Waals surface area contributed by atoms with Gasteiger partial charge in [-0.1, -0.05) is 6.92 Å². The Kier molecular flexibility index (Phi) is 4.62. The third kappa shape index (κ3) is 3.55. The largest absolute Gasteiger partial charge is 0.330 e. The predicted octanol–water partition coefficient (Wildman–Crippen LogP) is 1.27. The van der Waals surface area contributed by atoms with E-state index in [4.69, 9.17) is 5.73 Å². The summed E-state index contributed by atoms with van der Waals surface area (Å²) in [5.41, 5.74) is 5.51. The average molecular weight is 169 g/mol. The molecule has 12 heavy (non-hydrogen) atoms. The van der Waals surface area contributed by atoms with Crippen LogP contribution >= 0.6 is 0 Å². The number of hydrogen-bond donors (Lipinski definition) is 1. The van der Waals surface area contributed by atoms with Crippen LogP contribution in [0.3, 0.4) is 0 Å². The third-order valence-corrected chi connectivity index (χ3v) is 2.53. The molecule has 2 heteroatoms. The molecule has 1 aliphatic rings. The highest BCUT2D eigenvalue weighted by Gasteiger charge is 2.12. The van der Waals surface area contributed by atoms with Crippen LogP contribution in [0.15, 0.2) is 0 Å². The molecule has 0 amide bonds. The molecule has 2 N–H and O–H groups in total. The van der Waals surface area contributed by atoms with E-state index in [0.717, 1.165) is 12.5 Å². The molecule has 71 valence electrons. The van der Waals surface area contributed by atoms with Gasteiger partial charge in [-0.3, -0.25) is 0 Å². The maximum Gasteiger partial charge on any atom is 0.000749 e. The van der Waals surface area contributed by atoms with Gasteiger partial charge in [0.05, 0.1) is 0 Å². The normalized spacial score (nSPS) is 22.5. The Bertz CT molecular complexity index is 108. The summed E-state index contributed by atoms with van der Waals surface area (Å²) >= 11 is 0. The molecule has 1 atom stereocenters. The van der Waals surface area contributed by atoms with E-state index in [0.29, 0.717) is 0 Å². The summed E-state index contributed by atoms with van der Waals surface area (Å²) < 4.78 is 0. The van der Waals surface area contributed by atoms with Crippen LogP contribution in [0, 0.1) is 12.3 Å². The molecule has 0 aromatic heterocycles. The summed E-state index contributed by atoms with van der Waals surface area (Å²) in [5.74, 6) is 0.771. The molecule has 1 radical (unpaired) electrons. The zero-order valence-electron chi connectivity index (χ0n) is 8.13. The molecule has 1 saturated heterocycles. The highest BCUT2D eigenvalue weighted by Crippen LogP contribution is 2.11. The minimum atomic E-state index is 0.771. The van der Waals surface area contributed by atoms with Crippen molar-refractivity contribution in [3.8, 4) is 0 Å². The first-order chi connectivity index (χ1) is 5.83. The summed E-state index contributed by atoms with van der Waals surface area (Å²) in [6.45, 7) is 6.89. The van der Waals surface area contributed by atoms with Crippen LogP contribution in [0.4, 0.5) is 0 Å². The summed E-state index contributed by atoms with van der Waals surface area (Å²) in [6.07, 6.45) is 6.11. The number of rotatable bonds is 4. The fraction of sp³-hybridized carbons (Fsp3) is 0.900. The second-order valence-electron chi connectivity index (χ2n) is 3.85. The quantitative estimate of drug-likeness (QED) is 0.686. The first-order valence-corrected chi connectivity index (χ1v) is 5.07. The van der Waals surface area contributed by atoms with Crippen LogP contribution < -0.4 is 5.73 Å². The van der Waals surface area contributed by atoms with Crippen molar-refractivity contribution in [2.45, 2.75) is 26.2 Å². The lowest BCUT2D eigenvalue weighted by Gasteiger charge is -2.28. The van der Waals surface area contributed by atoms with E-state index in [1.165, 1.54) is 38.9 Å². The van der Waals surface area contributed by atoms with Gasteiger partial charge in [0.15, 0.2) is 0 Å². The van der Waals surface area contributed by atoms with Gasteiger partial charge in [0.1, 0.15) is 0 Å². The second-order valence-corrected chi connectivity index (χ2v) is 3.85. The molecule has 1 aliphatic heterocycles. The number of nitrogens with two attached hydrogens (primary N) is 1. The average Bonchev–Trinajstić information content (AvgIpc) is 2.06. The van der Waals surface area contributed by atoms with Gasteiger partial charge in [-0.05, 0) is 51.2 Å². The van der Waals surface area contributed by atoms with Crippen molar-refractivity contribution in [2.24, 2.45) is 11.7 Å². The van der Waals surface area contributed by atoms with Crippen molar-refractivity contribution in [2.75, 3.05) is 26.2 Å². The summed E-state index contributed by atoms with van der Waals surface area (Å²) in [5, 5.41) is 0. The van der Waals surface area contributed by atoms with Crippen molar-refractivity contribution >= 4 is 0 Å². The van der Waals surface area contributed by atoms with Crippen LogP contribution in [0.2, 0.25) is 0 Å². The number of piperidine rings is 1. The van der Waals surface area contributed by atoms with Gasteiger partial charge in [-0.2, -0.15) is 0 Å². The lowest BCUT2D eigenvalue weighted by Crippen LogP contribution is -2.34. The molecule has 0 aliphatic carbocycles. The van der Waals surface area contributed by atoms with Gasteiger partial charge in [0.2, 0.25) is 0 Å². The monoisotopic (exact) mass is 169 g/mol. The third-order valence-electron chi connectivity index (χ3n) is 2.53. The standard InChI is InChI=1S/C10H21N2/c1-10(5-6-11)9-12-7-3-2-4-8-12/h2,10H,3-9,11H2,1H3. The molecular weight excluding hydrogens is 148 g/mol. The first kappa shape index (κ1) is 10.0. The first-order valence-electron chi connectivity index (χ1n) is 5.07. The Balaban J connectivity index is 2.11. The highest BCUT2D eigenvalue weighted by atomic mass is 15.1. The molecular formula is C10H21N2. The van der Waals surface area contributed by atoms with Gasteiger partial charge in [-0.25, -0.2) is 0 Å². The number of nitrogens with zero attached hydrogens (tertiary/aromatic N) is 1. The van der Waals surface area contributed by atoms with Crippen molar-refractivity contribution in [1.82, 2.24) is 4.90 Å². The SMILES string of the molecule is CC(CCN)CN1CC[CH]CC1. The molecule has 0 bridgehead atoms. The lowest BCUT2D eigenvalue weighted by atomic mass is 10.1. The second kappa shape index (κ2) is 5.55. The van der Waals surface area contributed by atoms with Gasteiger partial charge < -0.3 is 10.6 Å². The molecule has 0 saturated carbocycles. The van der Waals surface area contributed by atoms with Crippen LogP contribution in [-0.4, -0.2) is 31.1 Å². The molecule has 1 unspecified atom stereocenters. The highest BCUT2D eigenvalue weighted by molar-refractivity contribution is 4.77. The zero-order valence-corrected chi connectivity index (χ0v) is 8.13. The van der Waals surface area contributed by atoms with Crippen molar-refractivity contribution in [1.29, 1.82) is 0 Å². The maximum absolute atomic E-state index is 5.51. The van der Waals surface area contributed by atoms with Crippen molar-refractivity contribution in [3.05, 3.63) is 6.42 Å². The van der Waals surface area contributed by atoms with E-state index >= 15 is 0 Å². The van der Waals surface area contributed by atoms with E-state index < -0.39 is 0 Å². The minimum absolute atomic E-state index is 0.771. The van der Waals surface area contributed by atoms with E-state index in [2.05, 4.69) is 18.2 Å². The van der Waals surface area contributed by atoms with Gasteiger partial charge >= 0.3 is 0 Å². The Morgan fingerprint density at radius 2 is 2.08 bits per heavy atom. The van der Waals surface area contributed by atoms with Gasteiger partial charge in [0.25, 0.3) is 0 Å². The summed E-state index contributed by atoms with van der Waals surface area (Å²) in [6, 6.07) is 0. The van der Waals surface area contributed by atoms with Crippen LogP contribution in [0.5, 0.6) is 0 Å². The van der Waals surface area contributed by atoms with Crippen molar-refractivity contribution in [3.63, 3.8) is 0 Å². The molecule has 0 aromatic carbocycles. The molecule has 1 rings (SSSR count). The topological polar surface area (TPSA) is 29.3 Å². The van der Waals surface area contributed by atoms with Crippen LogP contribution in [0.25, 0.3) is 0 Å². The molecule has 2 nitrogen and oxygen atoms in total. The lowest BCUT2D eigenvalue weighted by molar-refractivity contribution is 0.218. The fourth-order valence-electron chi connectivity index (χ4n) is 1.80. The molecule has 0 spiro atoms. The maximum atomic E-state index is 5.51. The van der Waals surface area contributed by atoms with Gasteiger partial charge in [-0.15, -0.1) is 0 Å². The predicted molar refractivity (Wildman–Crippen MR) is 52.8 cm³/mol. The Hall–Kier alpha value is -0.0800. The van der Waals surface area contributed by atoms with E-state index in [1.54, 1.807) is 0 Å². The smallest absolute Gasteiger partial charge is 0.000749 e. The van der Waals surface area contributed by atoms with E-state index in [1.807, 2.05) is 0 Å². The van der Waals surface area contributed by atoms with E-state index in [-0.39, 0.29) is 0 Å². The Morgan fingerprint density at radius 1 is 1.42 bits per heavy atom. The fourth-order valence-corrected chi connectivity index (χ4v) is 1.80. The summed E-state index contributed by atoms with van der Waals surface area (Å²) in [4.78, 5) is 2.56.